The first-order valence-electron chi connectivity index (χ1n) is 8.93. The van der Waals surface area contributed by atoms with E-state index in [0.717, 1.165) is 11.1 Å². The summed E-state index contributed by atoms with van der Waals surface area (Å²) in [6.45, 7) is 1.58. The van der Waals surface area contributed by atoms with Crippen LogP contribution in [-0.2, 0) is 19.6 Å². The third-order valence-corrected chi connectivity index (χ3v) is 5.02. The molecule has 0 unspecified atom stereocenters. The lowest BCUT2D eigenvalue weighted by molar-refractivity contribution is 0.273. The van der Waals surface area contributed by atoms with Crippen LogP contribution in [0.15, 0.2) is 16.9 Å². The van der Waals surface area contributed by atoms with Crippen molar-refractivity contribution in [2.24, 2.45) is 0 Å². The van der Waals surface area contributed by atoms with Gasteiger partial charge in [-0.25, -0.2) is 0 Å². The standard InChI is InChI=1S/C19H22N6O4/c1-27-12-4-9(5-13(28-2)15(12)29-3)6-25-7-10-11(8-25)18(26)23-17-14(10)16(20)22-19(21)24-17/h4-5H,6-8H2,1-3H3,(H5,20,21,22,23,24,26). The van der Waals surface area contributed by atoms with E-state index >= 15 is 0 Å². The Kier molecular flexibility index (Phi) is 4.63. The average molecular weight is 398 g/mol. The van der Waals surface area contributed by atoms with Crippen LogP contribution < -0.4 is 31.2 Å². The zero-order valence-corrected chi connectivity index (χ0v) is 16.4. The molecule has 1 aliphatic rings. The number of H-pyrrole nitrogens is 1. The second kappa shape index (κ2) is 7.13. The van der Waals surface area contributed by atoms with Gasteiger partial charge in [-0.2, -0.15) is 9.97 Å². The van der Waals surface area contributed by atoms with Crippen molar-refractivity contribution in [3.63, 3.8) is 0 Å². The lowest BCUT2D eigenvalue weighted by Crippen LogP contribution is -2.18. The maximum atomic E-state index is 12.5. The molecule has 5 N–H and O–H groups in total. The van der Waals surface area contributed by atoms with Crippen molar-refractivity contribution in [1.82, 2.24) is 19.9 Å². The summed E-state index contributed by atoms with van der Waals surface area (Å²) in [6, 6.07) is 3.79. The van der Waals surface area contributed by atoms with Crippen LogP contribution in [0.1, 0.15) is 16.7 Å². The fourth-order valence-corrected chi connectivity index (χ4v) is 3.80. The molecule has 0 fully saturated rings. The van der Waals surface area contributed by atoms with Gasteiger partial charge in [0, 0.05) is 25.2 Å². The van der Waals surface area contributed by atoms with Gasteiger partial charge in [-0.15, -0.1) is 0 Å². The molecule has 4 rings (SSSR count). The Labute approximate surface area is 166 Å². The number of nitrogen functional groups attached to an aromatic ring is 2. The molecule has 0 saturated carbocycles. The predicted molar refractivity (Wildman–Crippen MR) is 108 cm³/mol. The number of rotatable bonds is 5. The Hall–Kier alpha value is -3.53. The summed E-state index contributed by atoms with van der Waals surface area (Å²) in [5, 5.41) is 0.640. The lowest BCUT2D eigenvalue weighted by Gasteiger charge is -2.18. The Balaban J connectivity index is 1.70. The summed E-state index contributed by atoms with van der Waals surface area (Å²) in [5.41, 5.74) is 14.3. The quantitative estimate of drug-likeness (QED) is 0.574. The van der Waals surface area contributed by atoms with E-state index in [-0.39, 0.29) is 17.3 Å². The minimum absolute atomic E-state index is 0.0258. The Morgan fingerprint density at radius 2 is 1.69 bits per heavy atom. The molecule has 0 atom stereocenters. The van der Waals surface area contributed by atoms with Gasteiger partial charge in [0.15, 0.2) is 11.5 Å². The van der Waals surface area contributed by atoms with E-state index in [1.54, 1.807) is 21.3 Å². The molecule has 0 amide bonds. The Morgan fingerprint density at radius 1 is 1.03 bits per heavy atom. The first kappa shape index (κ1) is 18.8. The largest absolute Gasteiger partial charge is 0.493 e. The van der Waals surface area contributed by atoms with Gasteiger partial charge in [0.1, 0.15) is 11.5 Å². The zero-order valence-electron chi connectivity index (χ0n) is 16.4. The maximum absolute atomic E-state index is 12.5. The molecule has 10 nitrogen and oxygen atoms in total. The van der Waals surface area contributed by atoms with Gasteiger partial charge in [0.2, 0.25) is 11.7 Å². The molecule has 3 aromatic rings. The summed E-state index contributed by atoms with van der Waals surface area (Å²) < 4.78 is 16.2. The third kappa shape index (κ3) is 3.17. The van der Waals surface area contributed by atoms with E-state index in [4.69, 9.17) is 25.7 Å². The van der Waals surface area contributed by atoms with E-state index in [1.165, 1.54) is 0 Å². The number of pyridine rings is 1. The van der Waals surface area contributed by atoms with Crippen LogP contribution in [0.3, 0.4) is 0 Å². The van der Waals surface area contributed by atoms with Gasteiger partial charge >= 0.3 is 0 Å². The van der Waals surface area contributed by atoms with E-state index in [1.807, 2.05) is 12.1 Å². The fourth-order valence-electron chi connectivity index (χ4n) is 3.80. The number of hydrogen-bond acceptors (Lipinski definition) is 9. The number of aromatic amines is 1. The van der Waals surface area contributed by atoms with Crippen molar-refractivity contribution in [2.45, 2.75) is 19.6 Å². The van der Waals surface area contributed by atoms with E-state index in [9.17, 15) is 4.79 Å². The van der Waals surface area contributed by atoms with Crippen LogP contribution in [0.4, 0.5) is 11.8 Å². The SMILES string of the molecule is COc1cc(CN2Cc3c(c4c(N)nc(N)nc4[nH]c3=O)C2)cc(OC)c1OC. The van der Waals surface area contributed by atoms with E-state index < -0.39 is 0 Å². The molecule has 0 bridgehead atoms. The Morgan fingerprint density at radius 3 is 2.31 bits per heavy atom. The number of nitrogens with zero attached hydrogens (tertiary/aromatic N) is 3. The highest BCUT2D eigenvalue weighted by atomic mass is 16.5. The highest BCUT2D eigenvalue weighted by Gasteiger charge is 2.27. The van der Waals surface area contributed by atoms with Gasteiger partial charge in [-0.1, -0.05) is 0 Å². The molecule has 0 radical (unpaired) electrons. The third-order valence-electron chi connectivity index (χ3n) is 5.02. The molecule has 10 heteroatoms. The molecule has 0 spiro atoms. The minimum atomic E-state index is -0.197. The van der Waals surface area contributed by atoms with Gasteiger partial charge in [0.25, 0.3) is 5.56 Å². The predicted octanol–water partition coefficient (Wildman–Crippen LogP) is 1.02. The maximum Gasteiger partial charge on any atom is 0.254 e. The average Bonchev–Trinajstić information content (AvgIpc) is 3.10. The highest BCUT2D eigenvalue weighted by molar-refractivity contribution is 5.90. The summed E-state index contributed by atoms with van der Waals surface area (Å²) in [5.74, 6) is 1.98. The van der Waals surface area contributed by atoms with Crippen molar-refractivity contribution < 1.29 is 14.2 Å². The molecule has 152 valence electrons. The number of aromatic nitrogens is 3. The van der Waals surface area contributed by atoms with Gasteiger partial charge < -0.3 is 30.7 Å². The fraction of sp³-hybridized carbons (Fsp3) is 0.316. The van der Waals surface area contributed by atoms with E-state index in [2.05, 4.69) is 19.9 Å². The summed E-state index contributed by atoms with van der Waals surface area (Å²) >= 11 is 0. The second-order valence-electron chi connectivity index (χ2n) is 6.78. The van der Waals surface area contributed by atoms with Crippen molar-refractivity contribution in [1.29, 1.82) is 0 Å². The van der Waals surface area contributed by atoms with Crippen molar-refractivity contribution >= 4 is 22.8 Å². The number of methoxy groups -OCH3 is 3. The van der Waals surface area contributed by atoms with Gasteiger partial charge in [0.05, 0.1) is 26.7 Å². The zero-order chi connectivity index (χ0) is 20.7. The second-order valence-corrected chi connectivity index (χ2v) is 6.78. The smallest absolute Gasteiger partial charge is 0.254 e. The summed E-state index contributed by atoms with van der Waals surface area (Å²) in [6.07, 6.45) is 0. The monoisotopic (exact) mass is 398 g/mol. The van der Waals surface area contributed by atoms with Crippen LogP contribution in [0.5, 0.6) is 17.2 Å². The first-order valence-corrected chi connectivity index (χ1v) is 8.93. The van der Waals surface area contributed by atoms with Crippen LogP contribution in [-0.4, -0.2) is 41.2 Å². The van der Waals surface area contributed by atoms with Crippen molar-refractivity contribution in [2.75, 3.05) is 32.8 Å². The lowest BCUT2D eigenvalue weighted by atomic mass is 10.1. The molecule has 0 aliphatic carbocycles. The molecule has 1 aliphatic heterocycles. The molecule has 29 heavy (non-hydrogen) atoms. The molecule has 1 aromatic carbocycles. The number of benzene rings is 1. The minimum Gasteiger partial charge on any atom is -0.493 e. The van der Waals surface area contributed by atoms with E-state index in [0.29, 0.717) is 53.5 Å². The van der Waals surface area contributed by atoms with Crippen LogP contribution >= 0.6 is 0 Å². The molecule has 0 saturated heterocycles. The van der Waals surface area contributed by atoms with Crippen LogP contribution in [0, 0.1) is 0 Å². The highest BCUT2D eigenvalue weighted by Crippen LogP contribution is 2.39. The number of nitrogens with one attached hydrogen (secondary N) is 1. The van der Waals surface area contributed by atoms with Gasteiger partial charge in [-0.3, -0.25) is 9.69 Å². The molecular weight excluding hydrogens is 376 g/mol. The number of ether oxygens (including phenoxy) is 3. The topological polar surface area (TPSA) is 142 Å². The molecule has 3 heterocycles. The Bertz CT molecular complexity index is 1130. The van der Waals surface area contributed by atoms with Gasteiger partial charge in [-0.05, 0) is 23.3 Å². The first-order chi connectivity index (χ1) is 13.9. The summed E-state index contributed by atoms with van der Waals surface area (Å²) in [4.78, 5) is 25.6. The normalized spacial score (nSPS) is 13.5. The van der Waals surface area contributed by atoms with Crippen molar-refractivity contribution in [3.8, 4) is 17.2 Å². The summed E-state index contributed by atoms with van der Waals surface area (Å²) in [7, 11) is 4.72. The number of anilines is 2. The number of nitrogens with two attached hydrogens (primary N) is 2. The number of hydrogen-bond donors (Lipinski definition) is 3. The molecular formula is C19H22N6O4. The van der Waals surface area contributed by atoms with Crippen LogP contribution in [0.2, 0.25) is 0 Å². The number of fused-ring (bicyclic) bond motifs is 3. The van der Waals surface area contributed by atoms with Crippen molar-refractivity contribution in [3.05, 3.63) is 39.2 Å². The van der Waals surface area contributed by atoms with Crippen LogP contribution in [0.25, 0.3) is 11.0 Å². The molecule has 2 aromatic heterocycles.